The maximum atomic E-state index is 13.3. The number of aromatic nitrogens is 1. The van der Waals surface area contributed by atoms with E-state index < -0.39 is 11.6 Å². The van der Waals surface area contributed by atoms with E-state index in [1.807, 2.05) is 13.8 Å². The molecule has 0 saturated carbocycles. The second-order valence-corrected chi connectivity index (χ2v) is 3.63. The van der Waals surface area contributed by atoms with E-state index in [1.165, 1.54) is 0 Å². The van der Waals surface area contributed by atoms with Gasteiger partial charge in [0.05, 0.1) is 0 Å². The molecule has 0 bridgehead atoms. The van der Waals surface area contributed by atoms with Gasteiger partial charge in [0.1, 0.15) is 0 Å². The van der Waals surface area contributed by atoms with Crippen molar-refractivity contribution in [2.24, 2.45) is 5.84 Å². The number of anilines is 2. The lowest BCUT2D eigenvalue weighted by atomic mass is 10.2. The predicted octanol–water partition coefficient (Wildman–Crippen LogP) is 2.25. The number of hydrogen-bond donors (Lipinski definition) is 3. The van der Waals surface area contributed by atoms with Crippen LogP contribution >= 0.6 is 0 Å². The second kappa shape index (κ2) is 5.60. The molecule has 0 radical (unpaired) electrons. The van der Waals surface area contributed by atoms with E-state index in [9.17, 15) is 8.78 Å². The maximum Gasteiger partial charge on any atom is 0.178 e. The highest BCUT2D eigenvalue weighted by molar-refractivity contribution is 5.47. The Labute approximate surface area is 93.2 Å². The Kier molecular flexibility index (Phi) is 4.42. The third kappa shape index (κ3) is 3.03. The van der Waals surface area contributed by atoms with Gasteiger partial charge in [0.2, 0.25) is 0 Å². The molecule has 4 N–H and O–H groups in total. The number of hydrazine groups is 1. The summed E-state index contributed by atoms with van der Waals surface area (Å²) in [5, 5.41) is 2.86. The summed E-state index contributed by atoms with van der Waals surface area (Å²) in [4.78, 5) is 3.72. The van der Waals surface area contributed by atoms with Crippen molar-refractivity contribution in [1.29, 1.82) is 0 Å². The van der Waals surface area contributed by atoms with E-state index in [2.05, 4.69) is 15.7 Å². The number of halogens is 2. The molecule has 1 atom stereocenters. The minimum atomic E-state index is -0.811. The second-order valence-electron chi connectivity index (χ2n) is 3.63. The van der Waals surface area contributed by atoms with Crippen molar-refractivity contribution in [3.8, 4) is 0 Å². The number of nitrogen functional groups attached to an aromatic ring is 1. The number of nitrogens with one attached hydrogen (secondary N) is 2. The van der Waals surface area contributed by atoms with Crippen LogP contribution in [0.2, 0.25) is 0 Å². The van der Waals surface area contributed by atoms with Crippen molar-refractivity contribution in [1.82, 2.24) is 4.98 Å². The Morgan fingerprint density at radius 1 is 1.38 bits per heavy atom. The third-order valence-electron chi connectivity index (χ3n) is 2.17. The Morgan fingerprint density at radius 2 is 2.00 bits per heavy atom. The van der Waals surface area contributed by atoms with Crippen molar-refractivity contribution in [2.75, 3.05) is 10.7 Å². The van der Waals surface area contributed by atoms with E-state index in [-0.39, 0.29) is 17.7 Å². The lowest BCUT2D eigenvalue weighted by Crippen LogP contribution is -2.18. The molecule has 0 aliphatic carbocycles. The third-order valence-corrected chi connectivity index (χ3v) is 2.17. The summed E-state index contributed by atoms with van der Waals surface area (Å²) in [7, 11) is 0. The summed E-state index contributed by atoms with van der Waals surface area (Å²) in [6.07, 6.45) is 1.85. The van der Waals surface area contributed by atoms with E-state index in [1.54, 1.807) is 0 Å². The summed E-state index contributed by atoms with van der Waals surface area (Å²) >= 11 is 0. The molecule has 1 heterocycles. The highest BCUT2D eigenvalue weighted by Crippen LogP contribution is 2.19. The van der Waals surface area contributed by atoms with E-state index in [4.69, 9.17) is 5.84 Å². The molecule has 0 aliphatic heterocycles. The predicted molar refractivity (Wildman–Crippen MR) is 60.0 cm³/mol. The van der Waals surface area contributed by atoms with Crippen LogP contribution in [0.15, 0.2) is 6.07 Å². The first-order chi connectivity index (χ1) is 7.58. The van der Waals surface area contributed by atoms with E-state index in [0.717, 1.165) is 18.9 Å². The molecule has 1 unspecified atom stereocenters. The van der Waals surface area contributed by atoms with Gasteiger partial charge in [0.15, 0.2) is 23.3 Å². The first-order valence-corrected chi connectivity index (χ1v) is 5.17. The number of hydrogen-bond acceptors (Lipinski definition) is 4. The van der Waals surface area contributed by atoms with Gasteiger partial charge < -0.3 is 10.7 Å². The average molecular weight is 230 g/mol. The summed E-state index contributed by atoms with van der Waals surface area (Å²) in [6.45, 7) is 3.93. The topological polar surface area (TPSA) is 63.0 Å². The van der Waals surface area contributed by atoms with Crippen LogP contribution in [0.1, 0.15) is 26.7 Å². The summed E-state index contributed by atoms with van der Waals surface area (Å²) < 4.78 is 26.4. The van der Waals surface area contributed by atoms with Crippen molar-refractivity contribution < 1.29 is 8.78 Å². The number of nitrogens with two attached hydrogens (primary N) is 1. The average Bonchev–Trinajstić information content (AvgIpc) is 2.22. The van der Waals surface area contributed by atoms with Crippen molar-refractivity contribution in [3.63, 3.8) is 0 Å². The highest BCUT2D eigenvalue weighted by atomic mass is 19.1. The fourth-order valence-electron chi connectivity index (χ4n) is 1.41. The fraction of sp³-hybridized carbons (Fsp3) is 0.500. The largest absolute Gasteiger partial charge is 0.365 e. The molecule has 0 fully saturated rings. The van der Waals surface area contributed by atoms with Gasteiger partial charge in [-0.05, 0) is 13.3 Å². The molecule has 1 rings (SSSR count). The van der Waals surface area contributed by atoms with Gasteiger partial charge in [-0.1, -0.05) is 13.3 Å². The zero-order chi connectivity index (χ0) is 12.1. The maximum absolute atomic E-state index is 13.3. The molecule has 0 spiro atoms. The van der Waals surface area contributed by atoms with Crippen LogP contribution in [0, 0.1) is 11.6 Å². The number of nitrogens with zero attached hydrogens (tertiary/aromatic N) is 1. The standard InChI is InChI=1S/C10H16F2N4/c1-3-4-6(2)14-9-7(11)5-8(12)10(15-9)16-13/h5-6H,3-4,13H2,1-2H3,(H2,14,15,16). The van der Waals surface area contributed by atoms with Crippen LogP contribution in [0.4, 0.5) is 20.4 Å². The van der Waals surface area contributed by atoms with Gasteiger partial charge in [0, 0.05) is 12.1 Å². The molecule has 4 nitrogen and oxygen atoms in total. The fourth-order valence-corrected chi connectivity index (χ4v) is 1.41. The molecule has 0 aliphatic rings. The normalized spacial score (nSPS) is 12.3. The SMILES string of the molecule is CCCC(C)Nc1nc(NN)c(F)cc1F. The number of rotatable bonds is 5. The van der Waals surface area contributed by atoms with Crippen LogP contribution in [0.3, 0.4) is 0 Å². The molecule has 1 aromatic heterocycles. The Morgan fingerprint density at radius 3 is 2.56 bits per heavy atom. The lowest BCUT2D eigenvalue weighted by Gasteiger charge is -2.14. The summed E-state index contributed by atoms with van der Waals surface area (Å²) in [6, 6.07) is 0.825. The van der Waals surface area contributed by atoms with Gasteiger partial charge in [-0.3, -0.25) is 0 Å². The van der Waals surface area contributed by atoms with Crippen LogP contribution in [0.5, 0.6) is 0 Å². The molecule has 0 saturated heterocycles. The lowest BCUT2D eigenvalue weighted by molar-refractivity contribution is 0.573. The first kappa shape index (κ1) is 12.6. The van der Waals surface area contributed by atoms with Crippen molar-refractivity contribution >= 4 is 11.6 Å². The first-order valence-electron chi connectivity index (χ1n) is 5.17. The van der Waals surface area contributed by atoms with Gasteiger partial charge in [0.25, 0.3) is 0 Å². The molecule has 0 aromatic carbocycles. The molecule has 0 amide bonds. The zero-order valence-electron chi connectivity index (χ0n) is 9.35. The summed E-state index contributed by atoms with van der Waals surface area (Å²) in [5.41, 5.74) is 2.08. The van der Waals surface area contributed by atoms with Gasteiger partial charge in [-0.15, -0.1) is 0 Å². The van der Waals surface area contributed by atoms with Gasteiger partial charge in [-0.2, -0.15) is 0 Å². The molecule has 1 aromatic rings. The highest BCUT2D eigenvalue weighted by Gasteiger charge is 2.12. The van der Waals surface area contributed by atoms with Crippen molar-refractivity contribution in [2.45, 2.75) is 32.7 Å². The van der Waals surface area contributed by atoms with Crippen LogP contribution in [-0.4, -0.2) is 11.0 Å². The smallest absolute Gasteiger partial charge is 0.178 e. The zero-order valence-corrected chi connectivity index (χ0v) is 9.35. The van der Waals surface area contributed by atoms with Crippen molar-refractivity contribution in [3.05, 3.63) is 17.7 Å². The minimum absolute atomic E-state index is 0.00954. The van der Waals surface area contributed by atoms with Crippen LogP contribution in [-0.2, 0) is 0 Å². The summed E-state index contributed by atoms with van der Waals surface area (Å²) in [5.74, 6) is 3.36. The Hall–Kier alpha value is -1.43. The molecule has 16 heavy (non-hydrogen) atoms. The molecule has 6 heteroatoms. The Bertz CT molecular complexity index is 357. The van der Waals surface area contributed by atoms with E-state index in [0.29, 0.717) is 0 Å². The monoisotopic (exact) mass is 230 g/mol. The van der Waals surface area contributed by atoms with E-state index >= 15 is 0 Å². The molecule has 90 valence electrons. The minimum Gasteiger partial charge on any atom is -0.365 e. The Balaban J connectivity index is 2.87. The van der Waals surface area contributed by atoms with Gasteiger partial charge >= 0.3 is 0 Å². The van der Waals surface area contributed by atoms with Gasteiger partial charge in [-0.25, -0.2) is 19.6 Å². The quantitative estimate of drug-likeness (QED) is 0.536. The number of pyridine rings is 1. The molecular formula is C10H16F2N4. The molecular weight excluding hydrogens is 214 g/mol. The van der Waals surface area contributed by atoms with Crippen LogP contribution < -0.4 is 16.6 Å². The van der Waals surface area contributed by atoms with Crippen LogP contribution in [0.25, 0.3) is 0 Å².